The molecule has 3 atom stereocenters. The highest BCUT2D eigenvalue weighted by atomic mass is 19.1. The van der Waals surface area contributed by atoms with Gasteiger partial charge in [0.2, 0.25) is 0 Å². The molecule has 1 fully saturated rings. The molecule has 0 bridgehead atoms. The molecule has 0 saturated carbocycles. The van der Waals surface area contributed by atoms with Crippen molar-refractivity contribution < 1.29 is 14.2 Å². The van der Waals surface area contributed by atoms with Crippen LogP contribution in [0.3, 0.4) is 0 Å². The third-order valence-corrected chi connectivity index (χ3v) is 6.60. The molecule has 1 saturated heterocycles. The molecular weight excluding hydrogens is 381 g/mol. The predicted molar refractivity (Wildman–Crippen MR) is 114 cm³/mol. The van der Waals surface area contributed by atoms with Crippen LogP contribution in [0.15, 0.2) is 53.5 Å². The number of halogens is 1. The van der Waals surface area contributed by atoms with E-state index < -0.39 is 0 Å². The molecule has 5 rings (SSSR count). The lowest BCUT2D eigenvalue weighted by atomic mass is 9.88. The Balaban J connectivity index is 1.44. The normalized spacial score (nSPS) is 26.4. The van der Waals surface area contributed by atoms with E-state index in [-0.39, 0.29) is 24.6 Å². The van der Waals surface area contributed by atoms with Crippen molar-refractivity contribution in [3.8, 4) is 0 Å². The molecule has 3 heterocycles. The number of benzene rings is 2. The lowest BCUT2D eigenvalue weighted by Gasteiger charge is -2.45. The second-order valence-corrected chi connectivity index (χ2v) is 8.45. The fourth-order valence-corrected chi connectivity index (χ4v) is 5.06. The highest BCUT2D eigenvalue weighted by molar-refractivity contribution is 5.76. The average molecular weight is 410 g/mol. The molecule has 3 aliphatic rings. The second kappa shape index (κ2) is 8.36. The quantitative estimate of drug-likeness (QED) is 0.847. The lowest BCUT2D eigenvalue weighted by Crippen LogP contribution is -2.52. The number of ether oxygens (including phenoxy) is 1. The van der Waals surface area contributed by atoms with Crippen LogP contribution in [-0.4, -0.2) is 66.4 Å². The number of β-amino-alcohol motifs (C(OH)–C–C–N with tert-alkyl or cyclic N) is 1. The predicted octanol–water partition coefficient (Wildman–Crippen LogP) is 2.84. The third-order valence-electron chi connectivity index (χ3n) is 6.60. The number of hydrogen-bond donors (Lipinski definition) is 1. The van der Waals surface area contributed by atoms with Crippen molar-refractivity contribution >= 4 is 6.02 Å². The maximum Gasteiger partial charge on any atom is 0.288 e. The monoisotopic (exact) mass is 409 g/mol. The Morgan fingerprint density at radius 3 is 2.77 bits per heavy atom. The molecule has 30 heavy (non-hydrogen) atoms. The second-order valence-electron chi connectivity index (χ2n) is 8.45. The van der Waals surface area contributed by atoms with Crippen LogP contribution in [0.1, 0.15) is 29.2 Å². The molecule has 0 aliphatic carbocycles. The number of nitrogens with zero attached hydrogens (tertiary/aromatic N) is 3. The third kappa shape index (κ3) is 3.70. The largest absolute Gasteiger partial charge is 0.461 e. The van der Waals surface area contributed by atoms with Gasteiger partial charge in [0.25, 0.3) is 6.02 Å². The summed E-state index contributed by atoms with van der Waals surface area (Å²) in [5, 5.41) is 9.23. The van der Waals surface area contributed by atoms with Crippen LogP contribution in [-0.2, 0) is 11.2 Å². The number of likely N-dealkylation sites (tertiary alicyclic amines) is 1. The molecule has 0 radical (unpaired) electrons. The van der Waals surface area contributed by atoms with Gasteiger partial charge in [0, 0.05) is 32.1 Å². The zero-order valence-corrected chi connectivity index (χ0v) is 17.1. The number of hydrogen-bond acceptors (Lipinski definition) is 5. The van der Waals surface area contributed by atoms with Gasteiger partial charge in [0.15, 0.2) is 0 Å². The zero-order valence-electron chi connectivity index (χ0n) is 17.1. The molecule has 0 amide bonds. The lowest BCUT2D eigenvalue weighted by molar-refractivity contribution is 0.00736. The highest BCUT2D eigenvalue weighted by Crippen LogP contribution is 2.37. The van der Waals surface area contributed by atoms with Crippen LogP contribution in [0.25, 0.3) is 0 Å². The Kier molecular flexibility index (Phi) is 5.44. The van der Waals surface area contributed by atoms with Crippen molar-refractivity contribution in [1.82, 2.24) is 9.80 Å². The summed E-state index contributed by atoms with van der Waals surface area (Å²) in [6.45, 7) is 4.35. The van der Waals surface area contributed by atoms with Crippen molar-refractivity contribution in [1.29, 1.82) is 0 Å². The molecular formula is C24H28FN3O2. The first-order valence-corrected chi connectivity index (χ1v) is 10.9. The summed E-state index contributed by atoms with van der Waals surface area (Å²) >= 11 is 0. The van der Waals surface area contributed by atoms with Crippen molar-refractivity contribution in [2.75, 3.05) is 39.3 Å². The molecule has 0 unspecified atom stereocenters. The molecule has 158 valence electrons. The molecule has 5 nitrogen and oxygen atoms in total. The van der Waals surface area contributed by atoms with Gasteiger partial charge in [-0.25, -0.2) is 9.38 Å². The van der Waals surface area contributed by atoms with Crippen molar-refractivity contribution in [3.63, 3.8) is 0 Å². The molecule has 6 heteroatoms. The van der Waals surface area contributed by atoms with Gasteiger partial charge >= 0.3 is 0 Å². The average Bonchev–Trinajstić information content (AvgIpc) is 2.79. The summed E-state index contributed by atoms with van der Waals surface area (Å²) in [6, 6.07) is 16.0. The van der Waals surface area contributed by atoms with Gasteiger partial charge in [0.1, 0.15) is 11.9 Å². The van der Waals surface area contributed by atoms with Crippen LogP contribution in [0.4, 0.5) is 4.39 Å². The maximum atomic E-state index is 13.6. The van der Waals surface area contributed by atoms with Gasteiger partial charge in [-0.05, 0) is 41.7 Å². The van der Waals surface area contributed by atoms with E-state index in [1.54, 1.807) is 0 Å². The first-order valence-electron chi connectivity index (χ1n) is 10.9. The van der Waals surface area contributed by atoms with Gasteiger partial charge in [0.05, 0.1) is 19.2 Å². The summed E-state index contributed by atoms with van der Waals surface area (Å²) in [6.07, 6.45) is 2.06. The van der Waals surface area contributed by atoms with E-state index in [9.17, 15) is 9.50 Å². The van der Waals surface area contributed by atoms with Crippen LogP contribution in [0.2, 0.25) is 0 Å². The molecule has 0 aromatic heterocycles. The smallest absolute Gasteiger partial charge is 0.288 e. The Morgan fingerprint density at radius 2 is 1.93 bits per heavy atom. The van der Waals surface area contributed by atoms with Gasteiger partial charge < -0.3 is 19.6 Å². The van der Waals surface area contributed by atoms with Crippen LogP contribution >= 0.6 is 0 Å². The maximum absolute atomic E-state index is 13.6. The first-order chi connectivity index (χ1) is 14.7. The van der Waals surface area contributed by atoms with Crippen molar-refractivity contribution in [2.24, 2.45) is 10.9 Å². The fourth-order valence-electron chi connectivity index (χ4n) is 5.06. The van der Waals surface area contributed by atoms with Gasteiger partial charge in [-0.15, -0.1) is 0 Å². The van der Waals surface area contributed by atoms with Gasteiger partial charge in [-0.3, -0.25) is 0 Å². The number of amidine groups is 1. The van der Waals surface area contributed by atoms with Crippen molar-refractivity contribution in [3.05, 3.63) is 71.0 Å². The van der Waals surface area contributed by atoms with E-state index in [1.807, 2.05) is 12.1 Å². The van der Waals surface area contributed by atoms with Gasteiger partial charge in [-0.2, -0.15) is 0 Å². The van der Waals surface area contributed by atoms with E-state index in [0.29, 0.717) is 5.92 Å². The Hall–Kier alpha value is -2.44. The van der Waals surface area contributed by atoms with E-state index in [0.717, 1.165) is 57.2 Å². The first kappa shape index (κ1) is 19.5. The van der Waals surface area contributed by atoms with Crippen molar-refractivity contribution in [2.45, 2.75) is 25.0 Å². The number of rotatable bonds is 3. The summed E-state index contributed by atoms with van der Waals surface area (Å²) in [5.74, 6) is 0.147. The number of aliphatic hydroxyl groups excluding tert-OH is 1. The SMILES string of the molecule is OCCN1CC[C@@H]2OC(N3CCc4ccccc4[C@@H]3c3ccc(F)cc3)=NC[C@@H]2C1. The Morgan fingerprint density at radius 1 is 1.10 bits per heavy atom. The molecule has 1 N–H and O–H groups in total. The summed E-state index contributed by atoms with van der Waals surface area (Å²) in [4.78, 5) is 9.41. The molecule has 3 aliphatic heterocycles. The zero-order chi connectivity index (χ0) is 20.5. The van der Waals surface area contributed by atoms with Crippen LogP contribution in [0.5, 0.6) is 0 Å². The van der Waals surface area contributed by atoms with Crippen LogP contribution < -0.4 is 0 Å². The molecule has 0 spiro atoms. The number of piperidine rings is 1. The summed E-state index contributed by atoms with van der Waals surface area (Å²) in [5.41, 5.74) is 3.62. The number of fused-ring (bicyclic) bond motifs is 2. The van der Waals surface area contributed by atoms with E-state index in [2.05, 4.69) is 34.1 Å². The minimum atomic E-state index is -0.224. The summed E-state index contributed by atoms with van der Waals surface area (Å²) in [7, 11) is 0. The highest BCUT2D eigenvalue weighted by Gasteiger charge is 2.38. The topological polar surface area (TPSA) is 48.3 Å². The van der Waals surface area contributed by atoms with Crippen LogP contribution in [0, 0.1) is 11.7 Å². The van der Waals surface area contributed by atoms with E-state index in [1.165, 1.54) is 23.3 Å². The molecule has 2 aromatic rings. The van der Waals surface area contributed by atoms with E-state index >= 15 is 0 Å². The van der Waals surface area contributed by atoms with E-state index in [4.69, 9.17) is 9.73 Å². The summed E-state index contributed by atoms with van der Waals surface area (Å²) < 4.78 is 20.1. The fraction of sp³-hybridized carbons (Fsp3) is 0.458. The number of aliphatic imine (C=N–C) groups is 1. The van der Waals surface area contributed by atoms with Gasteiger partial charge in [-0.1, -0.05) is 36.4 Å². The Labute approximate surface area is 176 Å². The number of aliphatic hydroxyl groups is 1. The minimum absolute atomic E-state index is 0.0275. The molecule has 2 aromatic carbocycles. The standard InChI is InChI=1S/C24H28FN3O2/c25-20-7-5-18(6-8-20)23-21-4-2-1-3-17(21)9-12-28(23)24-26-15-19-16-27(13-14-29)11-10-22(19)30-24/h1-8,19,22-23,29H,9-16H2/t19-,22+,23+/m1/s1. The Bertz CT molecular complexity index is 917. The minimum Gasteiger partial charge on any atom is -0.461 e.